The zero-order chi connectivity index (χ0) is 17.7. The van der Waals surface area contributed by atoms with Gasteiger partial charge in [-0.05, 0) is 30.4 Å². The van der Waals surface area contributed by atoms with Crippen molar-refractivity contribution in [3.8, 4) is 5.75 Å². The Morgan fingerprint density at radius 3 is 2.60 bits per heavy atom. The molecular weight excluding hydrogens is 344 g/mol. The Kier molecular flexibility index (Phi) is 8.19. The monoisotopic (exact) mass is 370 g/mol. The molecule has 25 heavy (non-hydrogen) atoms. The minimum Gasteiger partial charge on any atom is -0.484 e. The molecule has 1 amide bonds. The summed E-state index contributed by atoms with van der Waals surface area (Å²) in [5.41, 5.74) is 0.985. The van der Waals surface area contributed by atoms with Crippen LogP contribution in [0.2, 0.25) is 0 Å². The highest BCUT2D eigenvalue weighted by atomic mass is 35.5. The average molecular weight is 371 g/mol. The molecule has 7 heteroatoms. The van der Waals surface area contributed by atoms with Crippen molar-refractivity contribution in [1.82, 2.24) is 10.2 Å². The number of carboxylic acid groups (broad SMARTS) is 1. The van der Waals surface area contributed by atoms with E-state index in [0.717, 1.165) is 5.56 Å². The van der Waals surface area contributed by atoms with Gasteiger partial charge in [0, 0.05) is 19.1 Å². The maximum Gasteiger partial charge on any atom is 0.317 e. The van der Waals surface area contributed by atoms with Gasteiger partial charge in [0.15, 0.2) is 6.61 Å². The minimum absolute atomic E-state index is 0. The van der Waals surface area contributed by atoms with Crippen LogP contribution in [0.4, 0.5) is 0 Å². The summed E-state index contributed by atoms with van der Waals surface area (Å²) in [6.07, 6.45) is 0. The number of amides is 1. The maximum absolute atomic E-state index is 12.2. The number of hydrogen-bond donors (Lipinski definition) is 2. The number of aliphatic carboxylic acids is 1. The summed E-state index contributed by atoms with van der Waals surface area (Å²) in [6, 6.07) is 7.52. The van der Waals surface area contributed by atoms with Crippen LogP contribution in [0.15, 0.2) is 24.3 Å². The van der Waals surface area contributed by atoms with Crippen molar-refractivity contribution in [2.24, 2.45) is 11.8 Å². The molecule has 2 rings (SSSR count). The molecule has 6 nitrogen and oxygen atoms in total. The van der Waals surface area contributed by atoms with E-state index < -0.39 is 5.97 Å². The van der Waals surface area contributed by atoms with Gasteiger partial charge in [0.25, 0.3) is 5.91 Å². The van der Waals surface area contributed by atoms with Crippen LogP contribution in [0.3, 0.4) is 0 Å². The molecule has 1 saturated heterocycles. The van der Waals surface area contributed by atoms with Crippen LogP contribution in [0.25, 0.3) is 0 Å². The topological polar surface area (TPSA) is 78.9 Å². The lowest BCUT2D eigenvalue weighted by Gasteiger charge is -2.23. The van der Waals surface area contributed by atoms with Gasteiger partial charge in [-0.3, -0.25) is 14.5 Å². The molecule has 2 N–H and O–H groups in total. The molecule has 2 atom stereocenters. The van der Waals surface area contributed by atoms with Crippen molar-refractivity contribution >= 4 is 24.3 Å². The molecule has 1 aromatic rings. The van der Waals surface area contributed by atoms with Crippen molar-refractivity contribution < 1.29 is 19.4 Å². The first kappa shape index (κ1) is 21.3. The van der Waals surface area contributed by atoms with E-state index in [-0.39, 0.29) is 43.4 Å². The Bertz CT molecular complexity index is 594. The summed E-state index contributed by atoms with van der Waals surface area (Å²) in [6.45, 7) is 7.35. The Hall–Kier alpha value is -1.79. The highest BCUT2D eigenvalue weighted by Gasteiger charge is 2.36. The maximum atomic E-state index is 12.2. The second-order valence-corrected chi connectivity index (χ2v) is 6.72. The van der Waals surface area contributed by atoms with Gasteiger partial charge in [-0.15, -0.1) is 12.4 Å². The van der Waals surface area contributed by atoms with E-state index in [1.807, 2.05) is 36.1 Å². The summed E-state index contributed by atoms with van der Waals surface area (Å²) >= 11 is 0. The smallest absolute Gasteiger partial charge is 0.317 e. The molecule has 1 fully saturated rings. The van der Waals surface area contributed by atoms with Gasteiger partial charge in [-0.1, -0.05) is 32.0 Å². The Balaban J connectivity index is 0.00000312. The van der Waals surface area contributed by atoms with Gasteiger partial charge in [0.2, 0.25) is 0 Å². The molecule has 0 radical (unpaired) electrons. The first-order valence-electron chi connectivity index (χ1n) is 8.28. The lowest BCUT2D eigenvalue weighted by molar-refractivity contribution is -0.138. The lowest BCUT2D eigenvalue weighted by atomic mass is 9.91. The minimum atomic E-state index is -0.840. The summed E-state index contributed by atoms with van der Waals surface area (Å²) < 4.78 is 5.58. The second kappa shape index (κ2) is 9.63. The molecule has 0 saturated carbocycles. The van der Waals surface area contributed by atoms with Crippen molar-refractivity contribution in [2.45, 2.75) is 26.8 Å². The van der Waals surface area contributed by atoms with Crippen molar-refractivity contribution in [1.29, 1.82) is 0 Å². The normalized spacial score (nSPS) is 20.2. The Morgan fingerprint density at radius 2 is 2.00 bits per heavy atom. The van der Waals surface area contributed by atoms with Gasteiger partial charge in [-0.25, -0.2) is 0 Å². The van der Waals surface area contributed by atoms with Crippen molar-refractivity contribution in [3.05, 3.63) is 29.8 Å². The summed E-state index contributed by atoms with van der Waals surface area (Å²) in [7, 11) is 0. The molecule has 0 spiro atoms. The van der Waals surface area contributed by atoms with Gasteiger partial charge < -0.3 is 15.2 Å². The zero-order valence-electron chi connectivity index (χ0n) is 14.9. The predicted molar refractivity (Wildman–Crippen MR) is 98.3 cm³/mol. The Labute approximate surface area is 154 Å². The quantitative estimate of drug-likeness (QED) is 0.767. The van der Waals surface area contributed by atoms with Crippen LogP contribution in [-0.2, 0) is 9.59 Å². The van der Waals surface area contributed by atoms with Crippen LogP contribution in [0.1, 0.15) is 19.4 Å². The lowest BCUT2D eigenvalue weighted by Crippen LogP contribution is -2.44. The molecule has 1 heterocycles. The van der Waals surface area contributed by atoms with E-state index in [4.69, 9.17) is 9.84 Å². The van der Waals surface area contributed by atoms with E-state index in [1.165, 1.54) is 0 Å². The molecule has 1 aromatic carbocycles. The van der Waals surface area contributed by atoms with Crippen molar-refractivity contribution in [2.75, 3.05) is 26.2 Å². The van der Waals surface area contributed by atoms with Crippen molar-refractivity contribution in [3.63, 3.8) is 0 Å². The Morgan fingerprint density at radius 1 is 1.32 bits per heavy atom. The third-order valence-electron chi connectivity index (χ3n) is 4.45. The van der Waals surface area contributed by atoms with Crippen LogP contribution < -0.4 is 10.1 Å². The van der Waals surface area contributed by atoms with Crippen LogP contribution in [-0.4, -0.2) is 54.2 Å². The van der Waals surface area contributed by atoms with E-state index in [9.17, 15) is 9.59 Å². The number of hydrogen-bond acceptors (Lipinski definition) is 4. The summed E-state index contributed by atoms with van der Waals surface area (Å²) in [5, 5.41) is 12.0. The number of aryl methyl sites for hydroxylation is 1. The van der Waals surface area contributed by atoms with E-state index >= 15 is 0 Å². The van der Waals surface area contributed by atoms with Crippen LogP contribution in [0, 0.1) is 18.8 Å². The predicted octanol–water partition coefficient (Wildman–Crippen LogP) is 1.95. The zero-order valence-corrected chi connectivity index (χ0v) is 15.7. The number of benzene rings is 1. The third-order valence-corrected chi connectivity index (χ3v) is 4.45. The number of nitrogens with zero attached hydrogens (tertiary/aromatic N) is 1. The molecular formula is C18H27ClN2O4. The summed E-state index contributed by atoms with van der Waals surface area (Å²) in [4.78, 5) is 25.0. The number of carboxylic acids is 1. The molecule has 0 aliphatic carbocycles. The fraction of sp³-hybridized carbons (Fsp3) is 0.556. The fourth-order valence-corrected chi connectivity index (χ4v) is 3.17. The number of rotatable bonds is 7. The number of nitrogens with one attached hydrogen (secondary N) is 1. The standard InChI is InChI=1S/C18H26N2O4.ClH/c1-12(2)14-8-20(10-18(22)23)9-15(14)19-17(21)11-24-16-7-5-4-6-13(16)3;/h4-7,12,14-15H,8-11H2,1-3H3,(H,19,21)(H,22,23);1H/t14-,15+;/m1./s1. The number of para-hydroxylation sites is 1. The highest BCUT2D eigenvalue weighted by molar-refractivity contribution is 5.85. The summed E-state index contributed by atoms with van der Waals surface area (Å²) in [5.74, 6) is 0.295. The molecule has 140 valence electrons. The molecule has 0 bridgehead atoms. The van der Waals surface area contributed by atoms with E-state index in [0.29, 0.717) is 24.8 Å². The number of ether oxygens (including phenoxy) is 1. The van der Waals surface area contributed by atoms with Crippen LogP contribution >= 0.6 is 12.4 Å². The molecule has 0 aromatic heterocycles. The molecule has 1 aliphatic rings. The fourth-order valence-electron chi connectivity index (χ4n) is 3.17. The third kappa shape index (κ3) is 6.21. The van der Waals surface area contributed by atoms with Crippen LogP contribution in [0.5, 0.6) is 5.75 Å². The molecule has 1 aliphatic heterocycles. The van der Waals surface area contributed by atoms with Gasteiger partial charge in [-0.2, -0.15) is 0 Å². The second-order valence-electron chi connectivity index (χ2n) is 6.72. The van der Waals surface area contributed by atoms with Gasteiger partial charge in [0.05, 0.1) is 6.54 Å². The number of halogens is 1. The molecule has 0 unspecified atom stereocenters. The SMILES string of the molecule is Cc1ccccc1OCC(=O)N[C@H]1CN(CC(=O)O)C[C@@H]1C(C)C.Cl. The van der Waals surface area contributed by atoms with E-state index in [2.05, 4.69) is 19.2 Å². The first-order valence-corrected chi connectivity index (χ1v) is 8.28. The van der Waals surface area contributed by atoms with E-state index in [1.54, 1.807) is 0 Å². The first-order chi connectivity index (χ1) is 11.4. The number of carbonyl (C=O) groups is 2. The van der Waals surface area contributed by atoms with Gasteiger partial charge in [0.1, 0.15) is 5.75 Å². The largest absolute Gasteiger partial charge is 0.484 e. The highest BCUT2D eigenvalue weighted by Crippen LogP contribution is 2.24. The number of likely N-dealkylation sites (tertiary alicyclic amines) is 1. The van der Waals surface area contributed by atoms with Gasteiger partial charge >= 0.3 is 5.97 Å². The number of carbonyl (C=O) groups excluding carboxylic acids is 1. The average Bonchev–Trinajstić information content (AvgIpc) is 2.88.